The van der Waals surface area contributed by atoms with Crippen molar-refractivity contribution in [1.29, 1.82) is 0 Å². The van der Waals surface area contributed by atoms with Gasteiger partial charge in [-0.1, -0.05) is 0 Å². The maximum Gasteiger partial charge on any atom is 0.151 e. The molecule has 1 aliphatic rings. The number of hydrogen-bond donors (Lipinski definition) is 1. The van der Waals surface area contributed by atoms with Crippen molar-refractivity contribution < 1.29 is 8.42 Å². The molecule has 1 saturated heterocycles. The van der Waals surface area contributed by atoms with Crippen molar-refractivity contribution in [2.75, 3.05) is 11.5 Å². The Morgan fingerprint density at radius 1 is 1.60 bits per heavy atom. The van der Waals surface area contributed by atoms with Gasteiger partial charge in [0.1, 0.15) is 0 Å². The monoisotopic (exact) mass is 228 g/mol. The van der Waals surface area contributed by atoms with Crippen LogP contribution in [0, 0.1) is 0 Å². The fourth-order valence-corrected chi connectivity index (χ4v) is 3.59. The molecule has 15 heavy (non-hydrogen) atoms. The van der Waals surface area contributed by atoms with Gasteiger partial charge in [0, 0.05) is 32.0 Å². The van der Waals surface area contributed by atoms with Crippen LogP contribution in [0.2, 0.25) is 0 Å². The van der Waals surface area contributed by atoms with Gasteiger partial charge in [-0.05, 0) is 18.1 Å². The van der Waals surface area contributed by atoms with Gasteiger partial charge in [0.25, 0.3) is 0 Å². The van der Waals surface area contributed by atoms with E-state index < -0.39 is 9.84 Å². The molecule has 1 unspecified atom stereocenters. The lowest BCUT2D eigenvalue weighted by Gasteiger charge is -2.08. The van der Waals surface area contributed by atoms with Crippen LogP contribution in [0.3, 0.4) is 0 Å². The molecule has 0 aliphatic carbocycles. The van der Waals surface area contributed by atoms with Crippen molar-refractivity contribution in [3.05, 3.63) is 24.0 Å². The molecule has 1 fully saturated rings. The minimum Gasteiger partial charge on any atom is -0.357 e. The average molecular weight is 228 g/mol. The maximum atomic E-state index is 11.2. The number of aryl methyl sites for hydroxylation is 1. The molecule has 1 aromatic rings. The summed E-state index contributed by atoms with van der Waals surface area (Å²) in [6.07, 6.45) is 4.77. The first-order valence-electron chi connectivity index (χ1n) is 5.10. The highest BCUT2D eigenvalue weighted by atomic mass is 32.2. The minimum atomic E-state index is -2.76. The van der Waals surface area contributed by atoms with Crippen molar-refractivity contribution in [3.8, 4) is 0 Å². The molecule has 2 rings (SSSR count). The largest absolute Gasteiger partial charge is 0.357 e. The van der Waals surface area contributed by atoms with Gasteiger partial charge in [-0.15, -0.1) is 0 Å². The van der Waals surface area contributed by atoms with E-state index in [2.05, 4.69) is 5.32 Å². The smallest absolute Gasteiger partial charge is 0.151 e. The highest BCUT2D eigenvalue weighted by Gasteiger charge is 2.27. The van der Waals surface area contributed by atoms with Crippen molar-refractivity contribution in [1.82, 2.24) is 9.88 Å². The molecule has 84 valence electrons. The first-order chi connectivity index (χ1) is 7.05. The first kappa shape index (κ1) is 10.7. The Bertz CT molecular complexity index is 436. The Morgan fingerprint density at radius 2 is 2.40 bits per heavy atom. The van der Waals surface area contributed by atoms with Crippen LogP contribution in [-0.2, 0) is 23.4 Å². The van der Waals surface area contributed by atoms with Crippen molar-refractivity contribution >= 4 is 9.84 Å². The lowest BCUT2D eigenvalue weighted by Crippen LogP contribution is -2.29. The average Bonchev–Trinajstić information content (AvgIpc) is 2.69. The summed E-state index contributed by atoms with van der Waals surface area (Å²) < 4.78 is 24.4. The van der Waals surface area contributed by atoms with Crippen LogP contribution in [0.15, 0.2) is 18.5 Å². The number of aromatic nitrogens is 1. The molecule has 0 aromatic carbocycles. The van der Waals surface area contributed by atoms with Gasteiger partial charge in [0.2, 0.25) is 0 Å². The van der Waals surface area contributed by atoms with Crippen molar-refractivity contribution in [2.24, 2.45) is 7.05 Å². The summed E-state index contributed by atoms with van der Waals surface area (Å²) >= 11 is 0. The van der Waals surface area contributed by atoms with Gasteiger partial charge in [-0.3, -0.25) is 0 Å². The number of hydrogen-bond acceptors (Lipinski definition) is 3. The maximum absolute atomic E-state index is 11.2. The van der Waals surface area contributed by atoms with E-state index in [0.717, 1.165) is 13.0 Å². The SMILES string of the molecule is Cn1ccc(CNC2CCS(=O)(=O)C2)c1. The summed E-state index contributed by atoms with van der Waals surface area (Å²) in [5, 5.41) is 3.27. The second-order valence-electron chi connectivity index (χ2n) is 4.17. The number of sulfone groups is 1. The van der Waals surface area contributed by atoms with Crippen LogP contribution in [-0.4, -0.2) is 30.5 Å². The third-order valence-corrected chi connectivity index (χ3v) is 4.49. The second kappa shape index (κ2) is 3.98. The molecule has 1 aromatic heterocycles. The predicted octanol–water partition coefficient (Wildman–Crippen LogP) is 0.302. The van der Waals surface area contributed by atoms with Gasteiger partial charge >= 0.3 is 0 Å². The molecule has 0 amide bonds. The van der Waals surface area contributed by atoms with Crippen LogP contribution in [0.25, 0.3) is 0 Å². The summed E-state index contributed by atoms with van der Waals surface area (Å²) in [5.74, 6) is 0.624. The zero-order chi connectivity index (χ0) is 10.9. The molecule has 0 spiro atoms. The van der Waals surface area contributed by atoms with Crippen LogP contribution in [0.4, 0.5) is 0 Å². The molecular weight excluding hydrogens is 212 g/mol. The molecular formula is C10H16N2O2S. The summed E-state index contributed by atoms with van der Waals surface area (Å²) in [6.45, 7) is 0.751. The standard InChI is InChI=1S/C10H16N2O2S/c1-12-4-2-9(7-12)6-11-10-3-5-15(13,14)8-10/h2,4,7,10-11H,3,5-6,8H2,1H3. The van der Waals surface area contributed by atoms with Crippen LogP contribution < -0.4 is 5.32 Å². The predicted molar refractivity (Wildman–Crippen MR) is 59.3 cm³/mol. The molecule has 2 heterocycles. The summed E-state index contributed by atoms with van der Waals surface area (Å²) in [7, 11) is -0.787. The fraction of sp³-hybridized carbons (Fsp3) is 0.600. The third-order valence-electron chi connectivity index (χ3n) is 2.72. The van der Waals surface area contributed by atoms with E-state index in [1.165, 1.54) is 5.56 Å². The number of nitrogens with one attached hydrogen (secondary N) is 1. The zero-order valence-corrected chi connectivity index (χ0v) is 9.63. The van der Waals surface area contributed by atoms with Crippen LogP contribution in [0.1, 0.15) is 12.0 Å². The topological polar surface area (TPSA) is 51.1 Å². The van der Waals surface area contributed by atoms with E-state index in [-0.39, 0.29) is 6.04 Å². The van der Waals surface area contributed by atoms with E-state index in [9.17, 15) is 8.42 Å². The molecule has 5 heteroatoms. The van der Waals surface area contributed by atoms with Gasteiger partial charge in [0.05, 0.1) is 11.5 Å². The van der Waals surface area contributed by atoms with Crippen LogP contribution >= 0.6 is 0 Å². The Labute approximate surface area is 90.2 Å². The third kappa shape index (κ3) is 2.82. The Morgan fingerprint density at radius 3 is 2.93 bits per heavy atom. The van der Waals surface area contributed by atoms with E-state index >= 15 is 0 Å². The fourth-order valence-electron chi connectivity index (χ4n) is 1.88. The first-order valence-corrected chi connectivity index (χ1v) is 6.92. The summed E-state index contributed by atoms with van der Waals surface area (Å²) in [6, 6.07) is 2.17. The Kier molecular flexibility index (Phi) is 2.84. The van der Waals surface area contributed by atoms with Gasteiger partial charge in [-0.25, -0.2) is 8.42 Å². The van der Waals surface area contributed by atoms with E-state index in [1.54, 1.807) is 0 Å². The Balaban J connectivity index is 1.85. The molecule has 0 radical (unpaired) electrons. The van der Waals surface area contributed by atoms with E-state index in [4.69, 9.17) is 0 Å². The highest BCUT2D eigenvalue weighted by Crippen LogP contribution is 2.12. The number of rotatable bonds is 3. The van der Waals surface area contributed by atoms with Gasteiger partial charge in [-0.2, -0.15) is 0 Å². The lowest BCUT2D eigenvalue weighted by molar-refractivity contribution is 0.554. The van der Waals surface area contributed by atoms with E-state index in [0.29, 0.717) is 11.5 Å². The molecule has 0 bridgehead atoms. The molecule has 1 atom stereocenters. The molecule has 4 nitrogen and oxygen atoms in total. The minimum absolute atomic E-state index is 0.134. The Hall–Kier alpha value is -0.810. The summed E-state index contributed by atoms with van der Waals surface area (Å²) in [4.78, 5) is 0. The molecule has 1 aliphatic heterocycles. The van der Waals surface area contributed by atoms with Crippen molar-refractivity contribution in [3.63, 3.8) is 0 Å². The van der Waals surface area contributed by atoms with Crippen LogP contribution in [0.5, 0.6) is 0 Å². The van der Waals surface area contributed by atoms with E-state index in [1.807, 2.05) is 30.1 Å². The quantitative estimate of drug-likeness (QED) is 0.809. The second-order valence-corrected chi connectivity index (χ2v) is 6.39. The van der Waals surface area contributed by atoms with Gasteiger partial charge in [0.15, 0.2) is 9.84 Å². The van der Waals surface area contributed by atoms with Gasteiger partial charge < -0.3 is 9.88 Å². The molecule has 1 N–H and O–H groups in total. The molecule has 0 saturated carbocycles. The van der Waals surface area contributed by atoms with Crippen molar-refractivity contribution in [2.45, 2.75) is 19.0 Å². The summed E-state index contributed by atoms with van der Waals surface area (Å²) in [5.41, 5.74) is 1.20. The zero-order valence-electron chi connectivity index (χ0n) is 8.81. The lowest BCUT2D eigenvalue weighted by atomic mass is 10.2. The highest BCUT2D eigenvalue weighted by molar-refractivity contribution is 7.91. The normalized spacial score (nSPS) is 24.5. The number of nitrogens with zero attached hydrogens (tertiary/aromatic N) is 1.